The van der Waals surface area contributed by atoms with Crippen molar-refractivity contribution in [1.82, 2.24) is 0 Å². The average molecular weight is 278 g/mol. The smallest absolute Gasteiger partial charge is 0.169 e. The summed E-state index contributed by atoms with van der Waals surface area (Å²) in [4.78, 5) is 0. The molecule has 0 radical (unpaired) electrons. The van der Waals surface area contributed by atoms with Crippen LogP contribution in [0.2, 0.25) is 0 Å². The summed E-state index contributed by atoms with van der Waals surface area (Å²) in [6.45, 7) is 1.47. The Balaban J connectivity index is 2.53. The largest absolute Gasteiger partial charge is 0.228 e. The standard InChI is InChI=1S/C13H11FN2O2S/c1-2-19(17,18)12-11(13(12,7-15)8-16)9-4-3-5-10(14)6-9/h3-6,11-12H,2H2,1H3/t11-,12-/m0/s1. The summed E-state index contributed by atoms with van der Waals surface area (Å²) in [6, 6.07) is 8.99. The molecular formula is C13H11FN2O2S. The fraction of sp³-hybridized carbons (Fsp3) is 0.385. The lowest BCUT2D eigenvalue weighted by atomic mass is 10.0. The molecule has 98 valence electrons. The Morgan fingerprint density at radius 1 is 1.37 bits per heavy atom. The van der Waals surface area contributed by atoms with Crippen LogP contribution in [0.15, 0.2) is 24.3 Å². The zero-order valence-electron chi connectivity index (χ0n) is 10.2. The van der Waals surface area contributed by atoms with Crippen LogP contribution < -0.4 is 0 Å². The van der Waals surface area contributed by atoms with Crippen LogP contribution in [-0.2, 0) is 9.84 Å². The summed E-state index contributed by atoms with van der Waals surface area (Å²) in [5, 5.41) is 17.2. The Morgan fingerprint density at radius 2 is 2.00 bits per heavy atom. The Kier molecular flexibility index (Phi) is 3.07. The van der Waals surface area contributed by atoms with E-state index in [2.05, 4.69) is 0 Å². The second-order valence-corrected chi connectivity index (χ2v) is 6.91. The molecule has 1 saturated carbocycles. The molecule has 19 heavy (non-hydrogen) atoms. The van der Waals surface area contributed by atoms with Gasteiger partial charge < -0.3 is 0 Å². The van der Waals surface area contributed by atoms with E-state index >= 15 is 0 Å². The van der Waals surface area contributed by atoms with E-state index in [-0.39, 0.29) is 5.75 Å². The number of benzene rings is 1. The molecule has 0 amide bonds. The minimum atomic E-state index is -3.53. The first-order valence-electron chi connectivity index (χ1n) is 5.72. The summed E-state index contributed by atoms with van der Waals surface area (Å²) in [5.41, 5.74) is -1.21. The molecule has 0 saturated heterocycles. The summed E-state index contributed by atoms with van der Waals surface area (Å²) in [7, 11) is -3.53. The van der Waals surface area contributed by atoms with Crippen molar-refractivity contribution in [3.8, 4) is 12.1 Å². The lowest BCUT2D eigenvalue weighted by molar-refractivity contribution is 0.592. The molecule has 0 aliphatic heterocycles. The van der Waals surface area contributed by atoms with Crippen molar-refractivity contribution in [1.29, 1.82) is 10.5 Å². The highest BCUT2D eigenvalue weighted by Gasteiger charge is 2.72. The van der Waals surface area contributed by atoms with Crippen LogP contribution in [-0.4, -0.2) is 19.4 Å². The summed E-state index contributed by atoms with van der Waals surface area (Å²) < 4.78 is 37.1. The number of nitrogens with zero attached hydrogens (tertiary/aromatic N) is 2. The van der Waals surface area contributed by atoms with Gasteiger partial charge in [0.2, 0.25) is 0 Å². The summed E-state index contributed by atoms with van der Waals surface area (Å²) in [5.74, 6) is -1.43. The van der Waals surface area contributed by atoms with Crippen LogP contribution >= 0.6 is 0 Å². The first-order chi connectivity index (χ1) is 8.93. The molecule has 1 aliphatic carbocycles. The second-order valence-electron chi connectivity index (χ2n) is 4.50. The summed E-state index contributed by atoms with van der Waals surface area (Å²) in [6.07, 6.45) is 0. The van der Waals surface area contributed by atoms with E-state index < -0.39 is 32.2 Å². The number of hydrogen-bond acceptors (Lipinski definition) is 4. The van der Waals surface area contributed by atoms with E-state index in [0.717, 1.165) is 0 Å². The average Bonchev–Trinajstić information content (AvgIpc) is 3.09. The van der Waals surface area contributed by atoms with Gasteiger partial charge in [-0.15, -0.1) is 0 Å². The molecule has 1 fully saturated rings. The number of nitriles is 2. The molecule has 6 heteroatoms. The minimum Gasteiger partial charge on any atom is -0.228 e. The van der Waals surface area contributed by atoms with Crippen molar-refractivity contribution in [2.24, 2.45) is 5.41 Å². The third-order valence-electron chi connectivity index (χ3n) is 3.50. The van der Waals surface area contributed by atoms with Gasteiger partial charge in [0.1, 0.15) is 11.1 Å². The van der Waals surface area contributed by atoms with Crippen LogP contribution in [0.3, 0.4) is 0 Å². The summed E-state index contributed by atoms with van der Waals surface area (Å²) >= 11 is 0. The third kappa shape index (κ3) is 1.89. The number of hydrogen-bond donors (Lipinski definition) is 0. The maximum Gasteiger partial charge on any atom is 0.169 e. The van der Waals surface area contributed by atoms with Gasteiger partial charge in [0.15, 0.2) is 15.3 Å². The van der Waals surface area contributed by atoms with E-state index in [1.165, 1.54) is 25.1 Å². The van der Waals surface area contributed by atoms with Gasteiger partial charge in [0.25, 0.3) is 0 Å². The van der Waals surface area contributed by atoms with Crippen molar-refractivity contribution >= 4 is 9.84 Å². The van der Waals surface area contributed by atoms with E-state index in [1.54, 1.807) is 18.2 Å². The van der Waals surface area contributed by atoms with Gasteiger partial charge in [-0.3, -0.25) is 0 Å². The topological polar surface area (TPSA) is 81.7 Å². The quantitative estimate of drug-likeness (QED) is 0.843. The Morgan fingerprint density at radius 3 is 2.47 bits per heavy atom. The molecular weight excluding hydrogens is 267 g/mol. The van der Waals surface area contributed by atoms with Crippen molar-refractivity contribution in [2.75, 3.05) is 5.75 Å². The SMILES string of the molecule is CCS(=O)(=O)[C@H]1[C@H](c2cccc(F)c2)C1(C#N)C#N. The van der Waals surface area contributed by atoms with Crippen LogP contribution in [0.25, 0.3) is 0 Å². The minimum absolute atomic E-state index is 0.144. The van der Waals surface area contributed by atoms with E-state index in [1.807, 2.05) is 0 Å². The Bertz CT molecular complexity index is 686. The molecule has 0 bridgehead atoms. The highest BCUT2D eigenvalue weighted by molar-refractivity contribution is 7.92. The molecule has 1 aromatic rings. The van der Waals surface area contributed by atoms with Gasteiger partial charge >= 0.3 is 0 Å². The van der Waals surface area contributed by atoms with Gasteiger partial charge in [-0.05, 0) is 17.7 Å². The van der Waals surface area contributed by atoms with Gasteiger partial charge in [0.05, 0.1) is 12.1 Å². The predicted molar refractivity (Wildman–Crippen MR) is 66.0 cm³/mol. The normalized spacial score (nSPS) is 24.2. The first kappa shape index (κ1) is 13.5. The number of halogens is 1. The zero-order chi connectivity index (χ0) is 14.3. The molecule has 0 spiro atoms. The van der Waals surface area contributed by atoms with E-state index in [0.29, 0.717) is 5.56 Å². The number of sulfone groups is 1. The highest BCUT2D eigenvalue weighted by atomic mass is 32.2. The lowest BCUT2D eigenvalue weighted by Gasteiger charge is -2.00. The van der Waals surface area contributed by atoms with Crippen LogP contribution in [0, 0.1) is 33.9 Å². The first-order valence-corrected chi connectivity index (χ1v) is 7.44. The zero-order valence-corrected chi connectivity index (χ0v) is 11.0. The van der Waals surface area contributed by atoms with Gasteiger partial charge in [-0.1, -0.05) is 19.1 Å². The van der Waals surface area contributed by atoms with Crippen LogP contribution in [0.1, 0.15) is 18.4 Å². The van der Waals surface area contributed by atoms with Crippen molar-refractivity contribution in [3.05, 3.63) is 35.6 Å². The molecule has 2 rings (SSSR count). The Labute approximate surface area is 111 Å². The van der Waals surface area contributed by atoms with Crippen molar-refractivity contribution < 1.29 is 12.8 Å². The molecule has 0 heterocycles. The van der Waals surface area contributed by atoms with Crippen LogP contribution in [0.5, 0.6) is 0 Å². The maximum absolute atomic E-state index is 13.2. The second kappa shape index (κ2) is 4.32. The molecule has 1 aliphatic rings. The lowest BCUT2D eigenvalue weighted by Crippen LogP contribution is -2.15. The van der Waals surface area contributed by atoms with E-state index in [9.17, 15) is 12.8 Å². The maximum atomic E-state index is 13.2. The van der Waals surface area contributed by atoms with Gasteiger partial charge in [-0.25, -0.2) is 12.8 Å². The molecule has 2 atom stereocenters. The molecule has 0 N–H and O–H groups in total. The third-order valence-corrected chi connectivity index (χ3v) is 5.72. The number of rotatable bonds is 3. The fourth-order valence-electron chi connectivity index (χ4n) is 2.46. The predicted octanol–water partition coefficient (Wildman–Crippen LogP) is 1.76. The molecule has 0 unspecified atom stereocenters. The van der Waals surface area contributed by atoms with E-state index in [4.69, 9.17) is 10.5 Å². The molecule has 1 aromatic carbocycles. The van der Waals surface area contributed by atoms with Crippen molar-refractivity contribution in [2.45, 2.75) is 18.1 Å². The van der Waals surface area contributed by atoms with Crippen molar-refractivity contribution in [3.63, 3.8) is 0 Å². The van der Waals surface area contributed by atoms with Gasteiger partial charge in [0, 0.05) is 11.7 Å². The molecule has 0 aromatic heterocycles. The van der Waals surface area contributed by atoms with Crippen LogP contribution in [0.4, 0.5) is 4.39 Å². The highest BCUT2D eigenvalue weighted by Crippen LogP contribution is 2.62. The fourth-order valence-corrected chi connectivity index (χ4v) is 4.34. The van der Waals surface area contributed by atoms with Gasteiger partial charge in [-0.2, -0.15) is 10.5 Å². The molecule has 4 nitrogen and oxygen atoms in total. The monoisotopic (exact) mass is 278 g/mol. The Hall–Kier alpha value is -1.92.